The Morgan fingerprint density at radius 1 is 1.33 bits per heavy atom. The molecule has 0 atom stereocenters. The Hall–Kier alpha value is -1.26. The summed E-state index contributed by atoms with van der Waals surface area (Å²) in [6.45, 7) is 12.2. The zero-order chi connectivity index (χ0) is 16.0. The summed E-state index contributed by atoms with van der Waals surface area (Å²) in [5.41, 5.74) is 0.230. The first kappa shape index (κ1) is 17.8. The number of methoxy groups -OCH3 is 1. The quantitative estimate of drug-likeness (QED) is 0.455. The maximum Gasteiger partial charge on any atom is 0.308 e. The van der Waals surface area contributed by atoms with Crippen LogP contribution in [0.1, 0.15) is 40.5 Å². The number of piperidine rings is 1. The van der Waals surface area contributed by atoms with E-state index in [9.17, 15) is 4.79 Å². The van der Waals surface area contributed by atoms with Crippen LogP contribution in [0, 0.1) is 11.3 Å². The minimum atomic E-state index is -0.0772. The average Bonchev–Trinajstić information content (AvgIpc) is 2.42. The van der Waals surface area contributed by atoms with Gasteiger partial charge in [-0.1, -0.05) is 20.8 Å². The minimum Gasteiger partial charge on any atom is -0.469 e. The summed E-state index contributed by atoms with van der Waals surface area (Å²) in [6.07, 6.45) is 1.69. The van der Waals surface area contributed by atoms with Gasteiger partial charge in [-0.2, -0.15) is 0 Å². The van der Waals surface area contributed by atoms with E-state index in [4.69, 9.17) is 4.74 Å². The van der Waals surface area contributed by atoms with Crippen LogP contribution in [-0.4, -0.2) is 62.1 Å². The highest BCUT2D eigenvalue weighted by Crippen LogP contribution is 2.21. The lowest BCUT2D eigenvalue weighted by atomic mass is 9.95. The van der Waals surface area contributed by atoms with Gasteiger partial charge in [0.15, 0.2) is 5.96 Å². The van der Waals surface area contributed by atoms with Crippen LogP contribution in [0.4, 0.5) is 0 Å². The Bertz CT molecular complexity index is 366. The van der Waals surface area contributed by atoms with E-state index in [1.165, 1.54) is 7.11 Å². The molecule has 0 aromatic heterocycles. The Morgan fingerprint density at radius 3 is 2.33 bits per heavy atom. The Labute approximate surface area is 129 Å². The predicted octanol–water partition coefficient (Wildman–Crippen LogP) is 2.23. The molecule has 0 aromatic carbocycles. The molecule has 1 rings (SSSR count). The first-order valence-electron chi connectivity index (χ1n) is 7.87. The highest BCUT2D eigenvalue weighted by atomic mass is 16.5. The van der Waals surface area contributed by atoms with Crippen LogP contribution >= 0.6 is 0 Å². The van der Waals surface area contributed by atoms with Gasteiger partial charge in [0.2, 0.25) is 0 Å². The third-order valence-electron chi connectivity index (χ3n) is 3.66. The number of aliphatic imine (C=N–C) groups is 1. The highest BCUT2D eigenvalue weighted by Gasteiger charge is 2.29. The van der Waals surface area contributed by atoms with Gasteiger partial charge >= 0.3 is 5.97 Å². The Kier molecular flexibility index (Phi) is 6.49. The third-order valence-corrected chi connectivity index (χ3v) is 3.66. The van der Waals surface area contributed by atoms with Crippen LogP contribution in [0.2, 0.25) is 0 Å². The lowest BCUT2D eigenvalue weighted by Crippen LogP contribution is -2.49. The van der Waals surface area contributed by atoms with Crippen LogP contribution in [0.3, 0.4) is 0 Å². The maximum atomic E-state index is 11.6. The van der Waals surface area contributed by atoms with Crippen molar-refractivity contribution in [1.29, 1.82) is 0 Å². The second-order valence-electron chi connectivity index (χ2n) is 6.98. The van der Waals surface area contributed by atoms with Gasteiger partial charge in [-0.3, -0.25) is 9.79 Å². The number of ether oxygens (including phenoxy) is 1. The number of rotatable bonds is 3. The van der Waals surface area contributed by atoms with Gasteiger partial charge in [0.25, 0.3) is 0 Å². The molecular weight excluding hydrogens is 266 g/mol. The fourth-order valence-electron chi connectivity index (χ4n) is 2.87. The van der Waals surface area contributed by atoms with Crippen LogP contribution < -0.4 is 0 Å². The second kappa shape index (κ2) is 7.66. The first-order chi connectivity index (χ1) is 9.78. The van der Waals surface area contributed by atoms with E-state index in [1.807, 2.05) is 0 Å². The van der Waals surface area contributed by atoms with Crippen LogP contribution in [-0.2, 0) is 9.53 Å². The van der Waals surface area contributed by atoms with E-state index in [0.29, 0.717) is 0 Å². The maximum absolute atomic E-state index is 11.6. The summed E-state index contributed by atoms with van der Waals surface area (Å²) >= 11 is 0. The van der Waals surface area contributed by atoms with Crippen LogP contribution in [0.5, 0.6) is 0 Å². The molecule has 0 aliphatic carbocycles. The molecule has 1 fully saturated rings. The molecule has 0 radical (unpaired) electrons. The van der Waals surface area contributed by atoms with Gasteiger partial charge in [-0.15, -0.1) is 0 Å². The first-order valence-corrected chi connectivity index (χ1v) is 7.87. The molecule has 1 saturated heterocycles. The molecule has 5 heteroatoms. The summed E-state index contributed by atoms with van der Waals surface area (Å²) in [7, 11) is 3.57. The summed E-state index contributed by atoms with van der Waals surface area (Å²) in [4.78, 5) is 20.8. The van der Waals surface area contributed by atoms with Gasteiger partial charge in [0, 0.05) is 33.2 Å². The van der Waals surface area contributed by atoms with E-state index in [1.54, 1.807) is 0 Å². The topological polar surface area (TPSA) is 45.1 Å². The zero-order valence-electron chi connectivity index (χ0n) is 14.5. The van der Waals surface area contributed by atoms with Crippen molar-refractivity contribution in [2.75, 3.05) is 40.3 Å². The van der Waals surface area contributed by atoms with Crippen molar-refractivity contribution >= 4 is 11.9 Å². The van der Waals surface area contributed by atoms with Gasteiger partial charge in [0.1, 0.15) is 0 Å². The number of carbonyl (C=O) groups excluding carboxylic acids is 1. The average molecular weight is 297 g/mol. The molecular formula is C16H31N3O2. The summed E-state index contributed by atoms with van der Waals surface area (Å²) < 4.78 is 4.85. The van der Waals surface area contributed by atoms with Crippen molar-refractivity contribution in [2.24, 2.45) is 16.3 Å². The molecule has 1 aliphatic heterocycles. The molecule has 122 valence electrons. The van der Waals surface area contributed by atoms with Crippen LogP contribution in [0.15, 0.2) is 4.99 Å². The van der Waals surface area contributed by atoms with E-state index in [-0.39, 0.29) is 17.3 Å². The molecule has 1 heterocycles. The summed E-state index contributed by atoms with van der Waals surface area (Å²) in [5.74, 6) is 1.02. The molecule has 0 unspecified atom stereocenters. The molecule has 0 N–H and O–H groups in total. The number of likely N-dealkylation sites (tertiary alicyclic amines) is 1. The summed E-state index contributed by atoms with van der Waals surface area (Å²) in [6, 6.07) is 0. The summed E-state index contributed by atoms with van der Waals surface area (Å²) in [5, 5.41) is 0. The molecule has 0 saturated carbocycles. The number of carbonyl (C=O) groups is 1. The fraction of sp³-hybridized carbons (Fsp3) is 0.875. The van der Waals surface area contributed by atoms with Crippen molar-refractivity contribution in [1.82, 2.24) is 9.80 Å². The van der Waals surface area contributed by atoms with Crippen molar-refractivity contribution in [3.63, 3.8) is 0 Å². The van der Waals surface area contributed by atoms with E-state index < -0.39 is 0 Å². The number of guanidine groups is 1. The molecule has 21 heavy (non-hydrogen) atoms. The monoisotopic (exact) mass is 297 g/mol. The molecule has 0 bridgehead atoms. The number of hydrogen-bond donors (Lipinski definition) is 0. The fourth-order valence-corrected chi connectivity index (χ4v) is 2.87. The normalized spacial score (nSPS) is 17.8. The SMILES string of the molecule is CC/N=C(\N(C)CC(C)(C)C)N1CCC(C(=O)OC)CC1. The standard InChI is InChI=1S/C16H31N3O2/c1-7-17-15(18(5)12-16(2,3)4)19-10-8-13(9-11-19)14(20)21-6/h13H,7-12H2,1-6H3/b17-15+. The van der Waals surface area contributed by atoms with Crippen molar-refractivity contribution in [3.8, 4) is 0 Å². The zero-order valence-corrected chi connectivity index (χ0v) is 14.5. The molecule has 5 nitrogen and oxygen atoms in total. The van der Waals surface area contributed by atoms with Crippen molar-refractivity contribution in [2.45, 2.75) is 40.5 Å². The third kappa shape index (κ3) is 5.56. The number of nitrogens with zero attached hydrogens (tertiary/aromatic N) is 3. The van der Waals surface area contributed by atoms with Gasteiger partial charge in [0.05, 0.1) is 13.0 Å². The number of hydrogen-bond acceptors (Lipinski definition) is 3. The predicted molar refractivity (Wildman–Crippen MR) is 86.4 cm³/mol. The van der Waals surface area contributed by atoms with E-state index >= 15 is 0 Å². The number of esters is 1. The van der Waals surface area contributed by atoms with Crippen molar-refractivity contribution < 1.29 is 9.53 Å². The van der Waals surface area contributed by atoms with Gasteiger partial charge in [-0.05, 0) is 25.2 Å². The Morgan fingerprint density at radius 2 is 1.90 bits per heavy atom. The van der Waals surface area contributed by atoms with Crippen molar-refractivity contribution in [3.05, 3.63) is 0 Å². The lowest BCUT2D eigenvalue weighted by Gasteiger charge is -2.38. The molecule has 0 spiro atoms. The molecule has 0 aromatic rings. The van der Waals surface area contributed by atoms with Gasteiger partial charge in [-0.25, -0.2) is 0 Å². The van der Waals surface area contributed by atoms with E-state index in [2.05, 4.69) is 49.5 Å². The van der Waals surface area contributed by atoms with Gasteiger partial charge < -0.3 is 14.5 Å². The highest BCUT2D eigenvalue weighted by molar-refractivity contribution is 5.80. The molecule has 0 amide bonds. The smallest absolute Gasteiger partial charge is 0.308 e. The second-order valence-corrected chi connectivity index (χ2v) is 6.98. The van der Waals surface area contributed by atoms with Crippen LogP contribution in [0.25, 0.3) is 0 Å². The minimum absolute atomic E-state index is 0.0436. The largest absolute Gasteiger partial charge is 0.469 e. The Balaban J connectivity index is 2.67. The lowest BCUT2D eigenvalue weighted by molar-refractivity contribution is -0.146. The van der Waals surface area contributed by atoms with E-state index in [0.717, 1.165) is 45.0 Å². The molecule has 1 aliphatic rings.